The number of nitrogens with one attached hydrogen (secondary N) is 2. The van der Waals surface area contributed by atoms with E-state index in [0.29, 0.717) is 58.1 Å². The van der Waals surface area contributed by atoms with Gasteiger partial charge in [0.15, 0.2) is 11.4 Å². The lowest BCUT2D eigenvalue weighted by atomic mass is 9.76. The maximum atomic E-state index is 14.5. The molecule has 12 nitrogen and oxygen atoms in total. The molecular weight excluding hydrogens is 1200 g/mol. The second-order valence-corrected chi connectivity index (χ2v) is 26.8. The van der Waals surface area contributed by atoms with Crippen molar-refractivity contribution in [3.63, 3.8) is 0 Å². The highest BCUT2D eigenvalue weighted by Gasteiger charge is 2.45. The van der Waals surface area contributed by atoms with Crippen LogP contribution in [0.3, 0.4) is 0 Å². The van der Waals surface area contributed by atoms with Gasteiger partial charge in [0.1, 0.15) is 18.0 Å². The van der Waals surface area contributed by atoms with Crippen LogP contribution in [0.5, 0.6) is 0 Å². The SMILES string of the molecule is Cc1ccc(C(OC(=O)CC2(CC(=O)CCCCCCCC(=O)CNC(=O)[C@@H](CC(=O)OC(C)(C)C)Cc3ccc(NC(=O)[C@@H](CC(=O)OCC4c5ccccc5-c5ccccc54)Cc4ccccc4Cl)cc3)CCCC2)(c2ccccc2)c2ccccc2Cl)cc1. The molecule has 0 saturated heterocycles. The minimum absolute atomic E-state index is 0.116. The van der Waals surface area contributed by atoms with Crippen molar-refractivity contribution in [1.82, 2.24) is 5.32 Å². The number of carbonyl (C=O) groups excluding carboxylic acids is 7. The second-order valence-electron chi connectivity index (χ2n) is 26.0. The highest BCUT2D eigenvalue weighted by molar-refractivity contribution is 6.31. The third-order valence-corrected chi connectivity index (χ3v) is 18.5. The van der Waals surface area contributed by atoms with Crippen LogP contribution in [0, 0.1) is 24.2 Å². The van der Waals surface area contributed by atoms with Crippen LogP contribution in [0.15, 0.2) is 176 Å². The zero-order valence-corrected chi connectivity index (χ0v) is 54.8. The Morgan fingerprint density at radius 3 is 1.74 bits per heavy atom. The van der Waals surface area contributed by atoms with Crippen LogP contribution in [-0.4, -0.2) is 60.0 Å². The lowest BCUT2D eigenvalue weighted by Gasteiger charge is -2.37. The van der Waals surface area contributed by atoms with E-state index in [1.165, 1.54) is 0 Å². The summed E-state index contributed by atoms with van der Waals surface area (Å²) in [5, 5.41) is 6.70. The summed E-state index contributed by atoms with van der Waals surface area (Å²) in [6.45, 7) is 7.21. The molecular formula is C78H84Cl2N2O10. The normalized spacial score (nSPS) is 14.6. The number of anilines is 1. The molecule has 0 aromatic heterocycles. The lowest BCUT2D eigenvalue weighted by molar-refractivity contribution is -0.158. The molecule has 1 fully saturated rings. The number of benzene rings is 7. The Kier molecular flexibility index (Phi) is 23.6. The Morgan fingerprint density at radius 1 is 0.543 bits per heavy atom. The second kappa shape index (κ2) is 31.9. The van der Waals surface area contributed by atoms with Crippen LogP contribution < -0.4 is 10.6 Å². The Labute approximate surface area is 551 Å². The van der Waals surface area contributed by atoms with Crippen LogP contribution in [0.4, 0.5) is 5.69 Å². The molecule has 14 heteroatoms. The molecule has 1 unspecified atom stereocenters. The van der Waals surface area contributed by atoms with Crippen molar-refractivity contribution < 1.29 is 47.8 Å². The van der Waals surface area contributed by atoms with E-state index >= 15 is 0 Å². The zero-order valence-electron chi connectivity index (χ0n) is 53.2. The maximum Gasteiger partial charge on any atom is 0.307 e. The number of ether oxygens (including phenoxy) is 3. The molecule has 3 atom stereocenters. The first-order valence-corrected chi connectivity index (χ1v) is 33.1. The number of unbranched alkanes of at least 4 members (excludes halogenated alkanes) is 4. The molecule has 0 radical (unpaired) electrons. The topological polar surface area (TPSA) is 171 Å². The molecule has 2 N–H and O–H groups in total. The van der Waals surface area contributed by atoms with Crippen LogP contribution in [-0.2, 0) is 66.2 Å². The number of amides is 2. The third kappa shape index (κ3) is 18.3. The van der Waals surface area contributed by atoms with Crippen molar-refractivity contribution in [2.24, 2.45) is 17.3 Å². The largest absolute Gasteiger partial charge is 0.465 e. The van der Waals surface area contributed by atoms with Crippen molar-refractivity contribution in [2.45, 2.75) is 154 Å². The summed E-state index contributed by atoms with van der Waals surface area (Å²) in [5.41, 5.74) is 6.95. The van der Waals surface area contributed by atoms with Crippen molar-refractivity contribution in [2.75, 3.05) is 18.5 Å². The number of Topliss-reactive ketones (excluding diaryl/α,β-unsaturated/α-hetero) is 2. The van der Waals surface area contributed by atoms with Gasteiger partial charge in [-0.1, -0.05) is 213 Å². The average molecular weight is 1280 g/mol. The van der Waals surface area contributed by atoms with E-state index in [2.05, 4.69) is 34.9 Å². The van der Waals surface area contributed by atoms with Crippen molar-refractivity contribution in [3.05, 3.63) is 230 Å². The van der Waals surface area contributed by atoms with Crippen LogP contribution >= 0.6 is 23.2 Å². The fourth-order valence-electron chi connectivity index (χ4n) is 13.2. The molecule has 92 heavy (non-hydrogen) atoms. The van der Waals surface area contributed by atoms with Gasteiger partial charge < -0.3 is 24.8 Å². The Bertz CT molecular complexity index is 3660. The minimum atomic E-state index is -1.32. The summed E-state index contributed by atoms with van der Waals surface area (Å²) < 4.78 is 18.3. The molecule has 0 aliphatic heterocycles. The van der Waals surface area contributed by atoms with Crippen LogP contribution in [0.2, 0.25) is 10.0 Å². The Morgan fingerprint density at radius 2 is 1.10 bits per heavy atom. The van der Waals surface area contributed by atoms with Gasteiger partial charge in [-0.3, -0.25) is 33.6 Å². The number of rotatable bonds is 31. The first-order chi connectivity index (χ1) is 44.3. The van der Waals surface area contributed by atoms with Gasteiger partial charge in [0.05, 0.1) is 37.6 Å². The molecule has 2 aliphatic carbocycles. The molecule has 0 bridgehead atoms. The third-order valence-electron chi connectivity index (χ3n) is 17.8. The highest BCUT2D eigenvalue weighted by atomic mass is 35.5. The van der Waals surface area contributed by atoms with E-state index in [-0.39, 0.29) is 75.1 Å². The first-order valence-electron chi connectivity index (χ1n) is 32.4. The van der Waals surface area contributed by atoms with Gasteiger partial charge in [-0.15, -0.1) is 0 Å². The monoisotopic (exact) mass is 1280 g/mol. The number of aryl methyl sites for hydroxylation is 1. The van der Waals surface area contributed by atoms with E-state index in [1.54, 1.807) is 57.2 Å². The first kappa shape index (κ1) is 68.2. The van der Waals surface area contributed by atoms with Gasteiger partial charge in [-0.05, 0) is 129 Å². The summed E-state index contributed by atoms with van der Waals surface area (Å²) in [4.78, 5) is 96.1. The van der Waals surface area contributed by atoms with E-state index in [9.17, 15) is 33.6 Å². The van der Waals surface area contributed by atoms with Gasteiger partial charge in [-0.2, -0.15) is 0 Å². The van der Waals surface area contributed by atoms with Gasteiger partial charge >= 0.3 is 17.9 Å². The summed E-state index contributed by atoms with van der Waals surface area (Å²) in [5.74, 6) is -4.13. The van der Waals surface area contributed by atoms with Gasteiger partial charge in [0, 0.05) is 57.6 Å². The number of halogens is 2. The number of hydrogen-bond donors (Lipinski definition) is 2. The van der Waals surface area contributed by atoms with Crippen molar-refractivity contribution >= 4 is 70.2 Å². The summed E-state index contributed by atoms with van der Waals surface area (Å²) in [6.07, 6.45) is 8.17. The minimum Gasteiger partial charge on any atom is -0.465 e. The molecule has 7 aromatic rings. The van der Waals surface area contributed by atoms with E-state index in [0.717, 1.165) is 83.9 Å². The molecule has 9 rings (SSSR count). The summed E-state index contributed by atoms with van der Waals surface area (Å²) in [7, 11) is 0. The summed E-state index contributed by atoms with van der Waals surface area (Å²) >= 11 is 13.5. The molecule has 1 saturated carbocycles. The standard InChI is InChI=1S/C78H84Cl2N2O10/c1-53-35-39-59(40-36-53)78(58-24-9-8-10-25-58,68-32-18-20-34-70(68)80)92-73(87)50-77(43-21-22-44-77)49-61(83)26-11-6-5-7-12-27-62(84)51-81-74(88)56(48-72(86)91-76(2,3)4)45-54-37-41-60(42-38-54)82-75(89)57(46-55-23-13-19-33-69(55)79)47-71(85)90-52-67-65-30-16-14-28-63(65)64-29-15-17-31-66(64)67/h8-10,13-20,23-25,28-42,56-57,67H,5-7,11-12,21-22,26-27,43-52H2,1-4H3,(H,81,88)(H,82,89)/t56-,57-,78?/m1/s1. The predicted octanol–water partition coefficient (Wildman–Crippen LogP) is 16.6. The van der Waals surface area contributed by atoms with Gasteiger partial charge in [0.2, 0.25) is 11.8 Å². The van der Waals surface area contributed by atoms with Gasteiger partial charge in [0.25, 0.3) is 0 Å². The Balaban J connectivity index is 0.730. The van der Waals surface area contributed by atoms with E-state index < -0.39 is 52.2 Å². The number of hydrogen-bond acceptors (Lipinski definition) is 10. The van der Waals surface area contributed by atoms with Crippen LogP contribution in [0.25, 0.3) is 11.1 Å². The fraction of sp³-hybridized carbons (Fsp3) is 0.372. The Hall–Kier alpha value is -8.19. The molecule has 0 spiro atoms. The molecule has 2 amide bonds. The van der Waals surface area contributed by atoms with Crippen molar-refractivity contribution in [1.29, 1.82) is 0 Å². The summed E-state index contributed by atoms with van der Waals surface area (Å²) in [6, 6.07) is 55.5. The van der Waals surface area contributed by atoms with E-state index in [4.69, 9.17) is 37.4 Å². The van der Waals surface area contributed by atoms with Crippen LogP contribution in [0.1, 0.15) is 168 Å². The van der Waals surface area contributed by atoms with Gasteiger partial charge in [-0.25, -0.2) is 0 Å². The zero-order chi connectivity index (χ0) is 65.3. The predicted molar refractivity (Wildman–Crippen MR) is 361 cm³/mol. The van der Waals surface area contributed by atoms with Crippen molar-refractivity contribution in [3.8, 4) is 11.1 Å². The number of fused-ring (bicyclic) bond motifs is 3. The number of ketones is 2. The molecule has 2 aliphatic rings. The number of esters is 3. The maximum absolute atomic E-state index is 14.5. The highest BCUT2D eigenvalue weighted by Crippen LogP contribution is 2.49. The molecule has 7 aromatic carbocycles. The number of carbonyl (C=O) groups is 7. The smallest absolute Gasteiger partial charge is 0.307 e. The molecule has 480 valence electrons. The average Bonchev–Trinajstić information content (AvgIpc) is 0.912. The molecule has 0 heterocycles. The lowest BCUT2D eigenvalue weighted by Crippen LogP contribution is -2.37. The van der Waals surface area contributed by atoms with E-state index in [1.807, 2.05) is 122 Å². The fourth-order valence-corrected chi connectivity index (χ4v) is 13.7. The quantitative estimate of drug-likeness (QED) is 0.0184.